The molecule has 1 aromatic rings. The van der Waals surface area contributed by atoms with Crippen molar-refractivity contribution >= 4 is 21.6 Å². The average Bonchev–Trinajstić information content (AvgIpc) is 2.32. The Balaban J connectivity index is 2.13. The minimum absolute atomic E-state index is 0.364. The maximum absolute atomic E-state index is 10.4. The fraction of sp³-hybridized carbons (Fsp3) is 0.571. The summed E-state index contributed by atoms with van der Waals surface area (Å²) in [5.74, 6) is 1.17. The van der Waals surface area contributed by atoms with E-state index in [0.717, 1.165) is 28.8 Å². The molecule has 1 atom stereocenters. The van der Waals surface area contributed by atoms with Gasteiger partial charge in [-0.15, -0.1) is 0 Å². The van der Waals surface area contributed by atoms with Crippen molar-refractivity contribution in [2.24, 2.45) is 11.8 Å². The van der Waals surface area contributed by atoms with Crippen molar-refractivity contribution in [2.45, 2.75) is 38.7 Å². The van der Waals surface area contributed by atoms with E-state index >= 15 is 0 Å². The molecule has 17 heavy (non-hydrogen) atoms. The second-order valence-electron chi connectivity index (χ2n) is 5.24. The van der Waals surface area contributed by atoms with Crippen molar-refractivity contribution in [1.82, 2.24) is 0 Å². The van der Waals surface area contributed by atoms with Crippen LogP contribution >= 0.6 is 15.9 Å². The second-order valence-corrected chi connectivity index (χ2v) is 6.15. The van der Waals surface area contributed by atoms with Crippen molar-refractivity contribution in [1.29, 1.82) is 0 Å². The summed E-state index contributed by atoms with van der Waals surface area (Å²) in [5, 5.41) is 10.4. The first-order valence-corrected chi connectivity index (χ1v) is 7.10. The van der Waals surface area contributed by atoms with E-state index in [1.807, 2.05) is 18.2 Å². The number of aliphatic hydroxyl groups excluding tert-OH is 1. The molecule has 3 N–H and O–H groups in total. The molecule has 94 valence electrons. The van der Waals surface area contributed by atoms with Crippen LogP contribution in [0.3, 0.4) is 0 Å². The predicted octanol–water partition coefficient (Wildman–Crippen LogP) is 3.89. The third-order valence-electron chi connectivity index (χ3n) is 3.87. The Morgan fingerprint density at radius 1 is 1.29 bits per heavy atom. The van der Waals surface area contributed by atoms with Gasteiger partial charge in [-0.2, -0.15) is 0 Å². The summed E-state index contributed by atoms with van der Waals surface area (Å²) in [5.41, 5.74) is 7.51. The number of anilines is 1. The molecule has 1 fully saturated rings. The second kappa shape index (κ2) is 5.40. The zero-order chi connectivity index (χ0) is 12.4. The number of aliphatic hydroxyl groups is 1. The molecule has 0 heterocycles. The Morgan fingerprint density at radius 3 is 2.59 bits per heavy atom. The Hall–Kier alpha value is -0.540. The molecule has 0 radical (unpaired) electrons. The number of hydrogen-bond donors (Lipinski definition) is 2. The van der Waals surface area contributed by atoms with Crippen LogP contribution in [0.15, 0.2) is 22.7 Å². The Kier molecular flexibility index (Phi) is 4.10. The smallest absolute Gasteiger partial charge is 0.0838 e. The molecule has 1 saturated carbocycles. The zero-order valence-corrected chi connectivity index (χ0v) is 11.8. The molecule has 0 saturated heterocycles. The van der Waals surface area contributed by atoms with Crippen LogP contribution in [0.2, 0.25) is 0 Å². The minimum atomic E-state index is -0.417. The highest BCUT2D eigenvalue weighted by atomic mass is 79.9. The van der Waals surface area contributed by atoms with E-state index in [4.69, 9.17) is 5.73 Å². The minimum Gasteiger partial charge on any atom is -0.398 e. The third-order valence-corrected chi connectivity index (χ3v) is 4.37. The van der Waals surface area contributed by atoms with Gasteiger partial charge in [0.15, 0.2) is 0 Å². The number of halogens is 1. The fourth-order valence-corrected chi connectivity index (χ4v) is 3.04. The van der Waals surface area contributed by atoms with Crippen molar-refractivity contribution in [2.75, 3.05) is 5.73 Å². The number of rotatable bonds is 2. The molecule has 0 aromatic heterocycles. The molecule has 1 aliphatic rings. The normalized spacial score (nSPS) is 26.8. The fourth-order valence-electron chi connectivity index (χ4n) is 2.66. The molecular formula is C14H20BrNO. The van der Waals surface area contributed by atoms with Gasteiger partial charge in [0.05, 0.1) is 6.10 Å². The standard InChI is InChI=1S/C14H20BrNO/c1-9-2-4-10(5-3-9)14(17)12-8-11(15)6-7-13(12)16/h6-10,14,17H,2-5,16H2,1H3. The van der Waals surface area contributed by atoms with Crippen LogP contribution in [-0.4, -0.2) is 5.11 Å². The van der Waals surface area contributed by atoms with Gasteiger partial charge in [0.2, 0.25) is 0 Å². The highest BCUT2D eigenvalue weighted by molar-refractivity contribution is 9.10. The van der Waals surface area contributed by atoms with E-state index < -0.39 is 6.10 Å². The van der Waals surface area contributed by atoms with Crippen LogP contribution in [0.25, 0.3) is 0 Å². The van der Waals surface area contributed by atoms with Gasteiger partial charge in [-0.05, 0) is 42.9 Å². The lowest BCUT2D eigenvalue weighted by molar-refractivity contribution is 0.0761. The Bertz CT molecular complexity index is 386. The lowest BCUT2D eigenvalue weighted by atomic mass is 9.78. The molecule has 3 heteroatoms. The van der Waals surface area contributed by atoms with Gasteiger partial charge in [-0.25, -0.2) is 0 Å². The molecule has 1 aliphatic carbocycles. The van der Waals surface area contributed by atoms with Gasteiger partial charge in [-0.1, -0.05) is 35.7 Å². The quantitative estimate of drug-likeness (QED) is 0.814. The molecular weight excluding hydrogens is 278 g/mol. The number of hydrogen-bond acceptors (Lipinski definition) is 2. The summed E-state index contributed by atoms with van der Waals surface area (Å²) in [6, 6.07) is 5.71. The number of benzene rings is 1. The van der Waals surface area contributed by atoms with Crippen LogP contribution in [0.5, 0.6) is 0 Å². The van der Waals surface area contributed by atoms with Crippen molar-refractivity contribution < 1.29 is 5.11 Å². The van der Waals surface area contributed by atoms with E-state index in [9.17, 15) is 5.11 Å². The Morgan fingerprint density at radius 2 is 1.94 bits per heavy atom. The average molecular weight is 298 g/mol. The van der Waals surface area contributed by atoms with E-state index in [1.54, 1.807) is 0 Å². The molecule has 1 aromatic carbocycles. The summed E-state index contributed by atoms with van der Waals surface area (Å²) in [6.07, 6.45) is 4.23. The van der Waals surface area contributed by atoms with Crippen molar-refractivity contribution in [3.8, 4) is 0 Å². The SMILES string of the molecule is CC1CCC(C(O)c2cc(Br)ccc2N)CC1. The summed E-state index contributed by atoms with van der Waals surface area (Å²) < 4.78 is 0.977. The van der Waals surface area contributed by atoms with E-state index in [2.05, 4.69) is 22.9 Å². The number of nitrogen functional groups attached to an aromatic ring is 1. The highest BCUT2D eigenvalue weighted by Gasteiger charge is 2.26. The predicted molar refractivity (Wildman–Crippen MR) is 74.6 cm³/mol. The lowest BCUT2D eigenvalue weighted by Gasteiger charge is -2.30. The summed E-state index contributed by atoms with van der Waals surface area (Å²) in [7, 11) is 0. The topological polar surface area (TPSA) is 46.2 Å². The molecule has 2 rings (SSSR count). The van der Waals surface area contributed by atoms with Crippen molar-refractivity contribution in [3.63, 3.8) is 0 Å². The van der Waals surface area contributed by atoms with Gasteiger partial charge < -0.3 is 10.8 Å². The maximum Gasteiger partial charge on any atom is 0.0838 e. The van der Waals surface area contributed by atoms with Gasteiger partial charge in [-0.3, -0.25) is 0 Å². The van der Waals surface area contributed by atoms with Gasteiger partial charge >= 0.3 is 0 Å². The molecule has 1 unspecified atom stereocenters. The van der Waals surface area contributed by atoms with E-state index in [-0.39, 0.29) is 0 Å². The van der Waals surface area contributed by atoms with Gasteiger partial charge in [0.1, 0.15) is 0 Å². The zero-order valence-electron chi connectivity index (χ0n) is 10.2. The van der Waals surface area contributed by atoms with E-state index in [0.29, 0.717) is 11.6 Å². The Labute approximate surface area is 111 Å². The molecule has 0 aliphatic heterocycles. The molecule has 0 amide bonds. The van der Waals surface area contributed by atoms with E-state index in [1.165, 1.54) is 12.8 Å². The molecule has 0 spiro atoms. The molecule has 0 bridgehead atoms. The largest absolute Gasteiger partial charge is 0.398 e. The summed E-state index contributed by atoms with van der Waals surface area (Å²) >= 11 is 3.43. The van der Waals surface area contributed by atoms with Crippen LogP contribution in [0.1, 0.15) is 44.3 Å². The first-order valence-electron chi connectivity index (χ1n) is 6.31. The number of nitrogens with two attached hydrogens (primary N) is 1. The lowest BCUT2D eigenvalue weighted by Crippen LogP contribution is -2.20. The van der Waals surface area contributed by atoms with Gasteiger partial charge in [0, 0.05) is 15.7 Å². The first kappa shape index (κ1) is 12.9. The summed E-state index contributed by atoms with van der Waals surface area (Å²) in [4.78, 5) is 0. The van der Waals surface area contributed by atoms with Crippen molar-refractivity contribution in [3.05, 3.63) is 28.2 Å². The van der Waals surface area contributed by atoms with Crippen LogP contribution in [-0.2, 0) is 0 Å². The highest BCUT2D eigenvalue weighted by Crippen LogP contribution is 2.38. The molecule has 2 nitrogen and oxygen atoms in total. The van der Waals surface area contributed by atoms with Crippen LogP contribution in [0.4, 0.5) is 5.69 Å². The van der Waals surface area contributed by atoms with Crippen LogP contribution in [0, 0.1) is 11.8 Å². The van der Waals surface area contributed by atoms with Crippen LogP contribution < -0.4 is 5.73 Å². The summed E-state index contributed by atoms with van der Waals surface area (Å²) in [6.45, 7) is 2.29. The third kappa shape index (κ3) is 3.02. The maximum atomic E-state index is 10.4. The monoisotopic (exact) mass is 297 g/mol. The van der Waals surface area contributed by atoms with Gasteiger partial charge in [0.25, 0.3) is 0 Å². The first-order chi connectivity index (χ1) is 8.08.